The van der Waals surface area contributed by atoms with Crippen molar-refractivity contribution in [1.82, 2.24) is 9.78 Å². The molecule has 0 saturated heterocycles. The fourth-order valence-corrected chi connectivity index (χ4v) is 2.88. The van der Waals surface area contributed by atoms with E-state index in [2.05, 4.69) is 18.9 Å². The molecule has 0 aromatic carbocycles. The zero-order valence-electron chi connectivity index (χ0n) is 11.0. The summed E-state index contributed by atoms with van der Waals surface area (Å²) in [4.78, 5) is 0. The van der Waals surface area contributed by atoms with Gasteiger partial charge < -0.3 is 5.11 Å². The van der Waals surface area contributed by atoms with Crippen LogP contribution in [0.15, 0.2) is 12.3 Å². The third-order valence-corrected chi connectivity index (χ3v) is 3.81. The van der Waals surface area contributed by atoms with Gasteiger partial charge in [-0.15, -0.1) is 0 Å². The SMILES string of the molecule is CC(C)n1nccc1C(O)CC1CCCCC1. The first-order valence-corrected chi connectivity index (χ1v) is 6.90. The van der Waals surface area contributed by atoms with Gasteiger partial charge in [-0.25, -0.2) is 0 Å². The van der Waals surface area contributed by atoms with Gasteiger partial charge in [0.2, 0.25) is 0 Å². The van der Waals surface area contributed by atoms with Gasteiger partial charge in [0.1, 0.15) is 0 Å². The first-order chi connectivity index (χ1) is 8.18. The van der Waals surface area contributed by atoms with Crippen molar-refractivity contribution in [2.24, 2.45) is 5.92 Å². The van der Waals surface area contributed by atoms with Crippen molar-refractivity contribution in [3.05, 3.63) is 18.0 Å². The summed E-state index contributed by atoms with van der Waals surface area (Å²) < 4.78 is 1.94. The summed E-state index contributed by atoms with van der Waals surface area (Å²) >= 11 is 0. The van der Waals surface area contributed by atoms with E-state index in [4.69, 9.17) is 0 Å². The lowest BCUT2D eigenvalue weighted by Crippen LogP contribution is -2.15. The van der Waals surface area contributed by atoms with Gasteiger partial charge in [-0.3, -0.25) is 4.68 Å². The molecule has 1 aromatic heterocycles. The fraction of sp³-hybridized carbons (Fsp3) is 0.786. The molecule has 96 valence electrons. The smallest absolute Gasteiger partial charge is 0.0959 e. The summed E-state index contributed by atoms with van der Waals surface area (Å²) in [6, 6.07) is 2.27. The highest BCUT2D eigenvalue weighted by Gasteiger charge is 2.21. The maximum atomic E-state index is 10.3. The number of hydrogen-bond donors (Lipinski definition) is 1. The predicted molar refractivity (Wildman–Crippen MR) is 68.8 cm³/mol. The summed E-state index contributed by atoms with van der Waals surface area (Å²) in [7, 11) is 0. The molecule has 1 saturated carbocycles. The average Bonchev–Trinajstić information content (AvgIpc) is 2.79. The van der Waals surface area contributed by atoms with Crippen LogP contribution in [-0.2, 0) is 0 Å². The Balaban J connectivity index is 1.98. The van der Waals surface area contributed by atoms with Crippen LogP contribution in [0.4, 0.5) is 0 Å². The van der Waals surface area contributed by atoms with Crippen LogP contribution in [0.2, 0.25) is 0 Å². The molecule has 17 heavy (non-hydrogen) atoms. The van der Waals surface area contributed by atoms with Crippen molar-refractivity contribution >= 4 is 0 Å². The van der Waals surface area contributed by atoms with Gasteiger partial charge in [-0.2, -0.15) is 5.10 Å². The Morgan fingerprint density at radius 2 is 2.06 bits per heavy atom. The Bertz CT molecular complexity index is 340. The number of aromatic nitrogens is 2. The minimum absolute atomic E-state index is 0.320. The van der Waals surface area contributed by atoms with E-state index < -0.39 is 0 Å². The maximum Gasteiger partial charge on any atom is 0.0959 e. The minimum Gasteiger partial charge on any atom is -0.387 e. The normalized spacial score (nSPS) is 19.8. The predicted octanol–water partition coefficient (Wildman–Crippen LogP) is 3.47. The molecule has 0 amide bonds. The number of rotatable bonds is 4. The first kappa shape index (κ1) is 12.6. The molecule has 1 N–H and O–H groups in total. The van der Waals surface area contributed by atoms with E-state index >= 15 is 0 Å². The van der Waals surface area contributed by atoms with Crippen LogP contribution in [0.25, 0.3) is 0 Å². The van der Waals surface area contributed by atoms with Crippen molar-refractivity contribution in [3.8, 4) is 0 Å². The second kappa shape index (κ2) is 5.67. The van der Waals surface area contributed by atoms with Gasteiger partial charge in [-0.1, -0.05) is 32.1 Å². The molecule has 0 spiro atoms. The molecule has 1 fully saturated rings. The largest absolute Gasteiger partial charge is 0.387 e. The summed E-state index contributed by atoms with van der Waals surface area (Å²) in [6.07, 6.45) is 8.96. The molecule has 2 rings (SSSR count). The van der Waals surface area contributed by atoms with E-state index in [0.717, 1.165) is 12.1 Å². The van der Waals surface area contributed by atoms with E-state index in [9.17, 15) is 5.11 Å². The zero-order valence-corrected chi connectivity index (χ0v) is 11.0. The third-order valence-electron chi connectivity index (χ3n) is 3.81. The second-order valence-corrected chi connectivity index (χ2v) is 5.55. The average molecular weight is 236 g/mol. The van der Waals surface area contributed by atoms with E-state index in [-0.39, 0.29) is 6.10 Å². The molecule has 3 heteroatoms. The van der Waals surface area contributed by atoms with Gasteiger partial charge in [-0.05, 0) is 32.3 Å². The maximum absolute atomic E-state index is 10.3. The number of aliphatic hydroxyl groups excluding tert-OH is 1. The Kier molecular flexibility index (Phi) is 4.21. The Morgan fingerprint density at radius 1 is 1.35 bits per heavy atom. The van der Waals surface area contributed by atoms with E-state index in [0.29, 0.717) is 12.0 Å². The lowest BCUT2D eigenvalue weighted by Gasteiger charge is -2.24. The van der Waals surface area contributed by atoms with Gasteiger partial charge >= 0.3 is 0 Å². The van der Waals surface area contributed by atoms with Crippen LogP contribution in [0.5, 0.6) is 0 Å². The zero-order chi connectivity index (χ0) is 12.3. The van der Waals surface area contributed by atoms with Crippen LogP contribution in [-0.4, -0.2) is 14.9 Å². The minimum atomic E-state index is -0.344. The summed E-state index contributed by atoms with van der Waals surface area (Å²) in [5.41, 5.74) is 0.977. The Hall–Kier alpha value is -0.830. The second-order valence-electron chi connectivity index (χ2n) is 5.55. The topological polar surface area (TPSA) is 38.0 Å². The molecule has 1 aromatic rings. The summed E-state index contributed by atoms with van der Waals surface area (Å²) in [6.45, 7) is 4.20. The molecule has 0 aliphatic heterocycles. The highest BCUT2D eigenvalue weighted by atomic mass is 16.3. The van der Waals surface area contributed by atoms with Crippen molar-refractivity contribution in [3.63, 3.8) is 0 Å². The van der Waals surface area contributed by atoms with E-state index in [1.807, 2.05) is 10.7 Å². The third kappa shape index (κ3) is 3.09. The number of hydrogen-bond acceptors (Lipinski definition) is 2. The van der Waals surface area contributed by atoms with Crippen LogP contribution in [0.3, 0.4) is 0 Å². The van der Waals surface area contributed by atoms with Crippen molar-refractivity contribution in [1.29, 1.82) is 0 Å². The quantitative estimate of drug-likeness (QED) is 0.869. The Morgan fingerprint density at radius 3 is 2.71 bits per heavy atom. The highest BCUT2D eigenvalue weighted by Crippen LogP contribution is 2.32. The molecule has 1 heterocycles. The summed E-state index contributed by atoms with van der Waals surface area (Å²) in [5, 5.41) is 14.6. The molecular formula is C14H24N2O. The van der Waals surface area contributed by atoms with Crippen LogP contribution in [0, 0.1) is 5.92 Å². The molecular weight excluding hydrogens is 212 g/mol. The molecule has 0 bridgehead atoms. The standard InChI is InChI=1S/C14H24N2O/c1-11(2)16-13(8-9-15-16)14(17)10-12-6-4-3-5-7-12/h8-9,11-12,14,17H,3-7,10H2,1-2H3. The lowest BCUT2D eigenvalue weighted by atomic mass is 9.85. The first-order valence-electron chi connectivity index (χ1n) is 6.90. The van der Waals surface area contributed by atoms with E-state index in [1.54, 1.807) is 6.20 Å². The van der Waals surface area contributed by atoms with Crippen molar-refractivity contribution in [2.75, 3.05) is 0 Å². The Labute approximate surface area is 104 Å². The van der Waals surface area contributed by atoms with Crippen molar-refractivity contribution in [2.45, 2.75) is 64.5 Å². The van der Waals surface area contributed by atoms with Crippen LogP contribution >= 0.6 is 0 Å². The van der Waals surface area contributed by atoms with E-state index in [1.165, 1.54) is 32.1 Å². The fourth-order valence-electron chi connectivity index (χ4n) is 2.88. The van der Waals surface area contributed by atoms with Gasteiger partial charge in [0, 0.05) is 12.2 Å². The number of aliphatic hydroxyl groups is 1. The molecule has 1 aliphatic rings. The highest BCUT2D eigenvalue weighted by molar-refractivity contribution is 5.05. The van der Waals surface area contributed by atoms with Crippen molar-refractivity contribution < 1.29 is 5.11 Å². The van der Waals surface area contributed by atoms with Crippen LogP contribution < -0.4 is 0 Å². The summed E-state index contributed by atoms with van der Waals surface area (Å²) in [5.74, 6) is 0.703. The molecule has 1 aliphatic carbocycles. The monoisotopic (exact) mass is 236 g/mol. The lowest BCUT2D eigenvalue weighted by molar-refractivity contribution is 0.121. The van der Waals surface area contributed by atoms with Gasteiger partial charge in [0.05, 0.1) is 11.8 Å². The van der Waals surface area contributed by atoms with Gasteiger partial charge in [0.25, 0.3) is 0 Å². The number of nitrogens with zero attached hydrogens (tertiary/aromatic N) is 2. The molecule has 1 atom stereocenters. The van der Waals surface area contributed by atoms with Crippen LogP contribution in [0.1, 0.15) is 70.2 Å². The molecule has 1 unspecified atom stereocenters. The molecule has 0 radical (unpaired) electrons. The molecule has 3 nitrogen and oxygen atoms in total. The van der Waals surface area contributed by atoms with Gasteiger partial charge in [0.15, 0.2) is 0 Å².